The third-order valence-corrected chi connectivity index (χ3v) is 3.73. The van der Waals surface area contributed by atoms with Gasteiger partial charge in [0.2, 0.25) is 5.91 Å². The maximum atomic E-state index is 12.0. The van der Waals surface area contributed by atoms with E-state index in [9.17, 15) is 14.4 Å². The van der Waals surface area contributed by atoms with Crippen molar-refractivity contribution in [1.82, 2.24) is 0 Å². The summed E-state index contributed by atoms with van der Waals surface area (Å²) in [5.74, 6) is -1.33. The van der Waals surface area contributed by atoms with Gasteiger partial charge in [0, 0.05) is 18.2 Å². The summed E-state index contributed by atoms with van der Waals surface area (Å²) in [6, 6.07) is 10.6. The zero-order valence-electron chi connectivity index (χ0n) is 12.6. The third-order valence-electron chi connectivity index (χ3n) is 2.99. The minimum Gasteiger partial charge on any atom is -0.454 e. The van der Waals surface area contributed by atoms with Crippen molar-refractivity contribution in [3.63, 3.8) is 0 Å². The van der Waals surface area contributed by atoms with Gasteiger partial charge in [-0.2, -0.15) is 0 Å². The number of carbonyl (C=O) groups is 3. The Morgan fingerprint density at radius 2 is 1.75 bits per heavy atom. The van der Waals surface area contributed by atoms with Crippen LogP contribution in [0.4, 0.5) is 5.69 Å². The number of anilines is 1. The van der Waals surface area contributed by atoms with Crippen LogP contribution in [0.5, 0.6) is 0 Å². The van der Waals surface area contributed by atoms with Gasteiger partial charge in [0.15, 0.2) is 12.4 Å². The molecule has 2 rings (SSSR count). The average Bonchev–Trinajstić information content (AvgIpc) is 2.54. The molecule has 0 heterocycles. The van der Waals surface area contributed by atoms with Gasteiger partial charge >= 0.3 is 5.97 Å². The van der Waals surface area contributed by atoms with E-state index >= 15 is 0 Å². The van der Waals surface area contributed by atoms with E-state index in [0.717, 1.165) is 0 Å². The summed E-state index contributed by atoms with van der Waals surface area (Å²) in [5, 5.41) is 3.14. The number of benzene rings is 2. The molecule has 0 aromatic heterocycles. The fraction of sp³-hybridized carbons (Fsp3) is 0.118. The maximum Gasteiger partial charge on any atom is 0.338 e. The molecule has 0 saturated carbocycles. The number of Topliss-reactive ketones (excluding diaryl/α,β-unsaturated/α-hetero) is 1. The standard InChI is InChI=1S/C17H13Cl2NO4/c1-10(21)20-13-4-2-3-12(7-13)17(23)24-9-16(22)11-5-6-14(18)15(19)8-11/h2-8H,9H2,1H3,(H,20,21). The molecule has 0 bridgehead atoms. The van der Waals surface area contributed by atoms with E-state index in [4.69, 9.17) is 27.9 Å². The van der Waals surface area contributed by atoms with Crippen molar-refractivity contribution in [1.29, 1.82) is 0 Å². The molecule has 0 unspecified atom stereocenters. The van der Waals surface area contributed by atoms with Gasteiger partial charge in [-0.1, -0.05) is 29.3 Å². The largest absolute Gasteiger partial charge is 0.454 e. The van der Waals surface area contributed by atoms with E-state index in [1.807, 2.05) is 0 Å². The molecule has 0 saturated heterocycles. The van der Waals surface area contributed by atoms with Gasteiger partial charge in [0.05, 0.1) is 15.6 Å². The number of hydrogen-bond acceptors (Lipinski definition) is 4. The Hall–Kier alpha value is -2.37. The topological polar surface area (TPSA) is 72.5 Å². The van der Waals surface area contributed by atoms with Crippen LogP contribution in [0.25, 0.3) is 0 Å². The first-order valence-electron chi connectivity index (χ1n) is 6.90. The molecule has 1 N–H and O–H groups in total. The lowest BCUT2D eigenvalue weighted by Crippen LogP contribution is -2.14. The molecule has 7 heteroatoms. The predicted molar refractivity (Wildman–Crippen MR) is 91.8 cm³/mol. The zero-order valence-corrected chi connectivity index (χ0v) is 14.1. The van der Waals surface area contributed by atoms with Crippen molar-refractivity contribution >= 4 is 46.5 Å². The highest BCUT2D eigenvalue weighted by molar-refractivity contribution is 6.42. The SMILES string of the molecule is CC(=O)Nc1cccc(C(=O)OCC(=O)c2ccc(Cl)c(Cl)c2)c1. The van der Waals surface area contributed by atoms with Crippen molar-refractivity contribution in [3.8, 4) is 0 Å². The number of ketones is 1. The van der Waals surface area contributed by atoms with E-state index in [0.29, 0.717) is 16.3 Å². The number of rotatable bonds is 5. The molecule has 1 amide bonds. The summed E-state index contributed by atoms with van der Waals surface area (Å²) in [4.78, 5) is 35.1. The first-order valence-corrected chi connectivity index (χ1v) is 7.65. The van der Waals surface area contributed by atoms with Gasteiger partial charge in [-0.3, -0.25) is 9.59 Å². The Morgan fingerprint density at radius 3 is 2.42 bits per heavy atom. The molecule has 0 aliphatic rings. The number of esters is 1. The summed E-state index contributed by atoms with van der Waals surface area (Å²) in [5.41, 5.74) is 0.986. The third kappa shape index (κ3) is 4.81. The van der Waals surface area contributed by atoms with Crippen molar-refractivity contribution in [2.24, 2.45) is 0 Å². The Morgan fingerprint density at radius 1 is 1.00 bits per heavy atom. The number of nitrogens with one attached hydrogen (secondary N) is 1. The van der Waals surface area contributed by atoms with Crippen LogP contribution in [0.1, 0.15) is 27.6 Å². The Bertz CT molecular complexity index is 805. The van der Waals surface area contributed by atoms with Crippen molar-refractivity contribution in [3.05, 3.63) is 63.6 Å². The summed E-state index contributed by atoms with van der Waals surface area (Å²) < 4.78 is 5.00. The molecule has 0 radical (unpaired) electrons. The van der Waals surface area contributed by atoms with Crippen LogP contribution < -0.4 is 5.32 Å². The lowest BCUT2D eigenvalue weighted by atomic mass is 10.1. The number of carbonyl (C=O) groups excluding carboxylic acids is 3. The molecule has 2 aromatic rings. The van der Waals surface area contributed by atoms with Crippen molar-refractivity contribution in [2.75, 3.05) is 11.9 Å². The molecule has 0 aliphatic heterocycles. The number of halogens is 2. The van der Waals surface area contributed by atoms with Crippen LogP contribution in [0.2, 0.25) is 10.0 Å². The molecule has 0 fully saturated rings. The van der Waals surface area contributed by atoms with Gasteiger partial charge in [0.1, 0.15) is 0 Å². The van der Waals surface area contributed by atoms with E-state index in [2.05, 4.69) is 5.32 Å². The molecule has 0 spiro atoms. The highest BCUT2D eigenvalue weighted by Crippen LogP contribution is 2.22. The van der Waals surface area contributed by atoms with Crippen LogP contribution in [0.3, 0.4) is 0 Å². The van der Waals surface area contributed by atoms with Gasteiger partial charge < -0.3 is 10.1 Å². The number of hydrogen-bond donors (Lipinski definition) is 1. The first-order chi connectivity index (χ1) is 11.4. The monoisotopic (exact) mass is 365 g/mol. The fourth-order valence-corrected chi connectivity index (χ4v) is 2.19. The minimum absolute atomic E-state index is 0.225. The fourth-order valence-electron chi connectivity index (χ4n) is 1.89. The molecule has 0 aliphatic carbocycles. The molecule has 5 nitrogen and oxygen atoms in total. The maximum absolute atomic E-state index is 12.0. The second-order valence-corrected chi connectivity index (χ2v) is 5.70. The summed E-state index contributed by atoms with van der Waals surface area (Å²) >= 11 is 11.6. The van der Waals surface area contributed by atoms with Crippen molar-refractivity contribution in [2.45, 2.75) is 6.92 Å². The van der Waals surface area contributed by atoms with Gasteiger partial charge in [0.25, 0.3) is 0 Å². The molecule has 0 atom stereocenters. The van der Waals surface area contributed by atoms with Gasteiger partial charge in [-0.15, -0.1) is 0 Å². The first kappa shape index (κ1) is 18.0. The summed E-state index contributed by atoms with van der Waals surface area (Å²) in [7, 11) is 0. The zero-order chi connectivity index (χ0) is 17.7. The summed E-state index contributed by atoms with van der Waals surface area (Å²) in [6.45, 7) is 0.933. The highest BCUT2D eigenvalue weighted by atomic mass is 35.5. The number of amides is 1. The quantitative estimate of drug-likeness (QED) is 0.642. The lowest BCUT2D eigenvalue weighted by molar-refractivity contribution is -0.114. The molecule has 124 valence electrons. The predicted octanol–water partition coefficient (Wildman–Crippen LogP) is 3.99. The minimum atomic E-state index is -0.671. The normalized spacial score (nSPS) is 10.1. The molecular formula is C17H13Cl2NO4. The van der Waals surface area contributed by atoms with Crippen LogP contribution in [0, 0.1) is 0 Å². The van der Waals surface area contributed by atoms with Gasteiger partial charge in [-0.05, 0) is 36.4 Å². The average molecular weight is 366 g/mol. The Kier molecular flexibility index (Phi) is 5.95. The van der Waals surface area contributed by atoms with E-state index in [1.165, 1.54) is 37.3 Å². The van der Waals surface area contributed by atoms with Crippen LogP contribution in [0.15, 0.2) is 42.5 Å². The second kappa shape index (κ2) is 7.95. The van der Waals surface area contributed by atoms with Crippen LogP contribution >= 0.6 is 23.2 Å². The lowest BCUT2D eigenvalue weighted by Gasteiger charge is -2.07. The molecule has 24 heavy (non-hydrogen) atoms. The van der Waals surface area contributed by atoms with Crippen LogP contribution in [-0.4, -0.2) is 24.3 Å². The smallest absolute Gasteiger partial charge is 0.338 e. The van der Waals surface area contributed by atoms with E-state index in [1.54, 1.807) is 12.1 Å². The number of ether oxygens (including phenoxy) is 1. The highest BCUT2D eigenvalue weighted by Gasteiger charge is 2.13. The van der Waals surface area contributed by atoms with Crippen molar-refractivity contribution < 1.29 is 19.1 Å². The Labute approximate surface area is 148 Å². The molecule has 2 aromatic carbocycles. The molecular weight excluding hydrogens is 353 g/mol. The summed E-state index contributed by atoms with van der Waals surface area (Å²) in [6.07, 6.45) is 0. The van der Waals surface area contributed by atoms with Gasteiger partial charge in [-0.25, -0.2) is 4.79 Å². The van der Waals surface area contributed by atoms with E-state index < -0.39 is 18.4 Å². The Balaban J connectivity index is 2.01. The second-order valence-electron chi connectivity index (χ2n) is 4.89. The van der Waals surface area contributed by atoms with Crippen LogP contribution in [-0.2, 0) is 9.53 Å². The van der Waals surface area contributed by atoms with E-state index in [-0.39, 0.29) is 16.5 Å².